The molecular formula is C22H16N2O3S2. The van der Waals surface area contributed by atoms with E-state index in [9.17, 15) is 9.59 Å². The number of hydrogen-bond acceptors (Lipinski definition) is 5. The molecule has 0 saturated carbocycles. The zero-order valence-electron chi connectivity index (χ0n) is 15.2. The van der Waals surface area contributed by atoms with Crippen LogP contribution in [0.25, 0.3) is 16.5 Å². The van der Waals surface area contributed by atoms with Crippen LogP contribution >= 0.6 is 23.1 Å². The summed E-state index contributed by atoms with van der Waals surface area (Å²) in [7, 11) is 0. The van der Waals surface area contributed by atoms with Crippen LogP contribution < -0.4 is 5.32 Å². The number of benzene rings is 2. The number of carboxylic acids is 1. The van der Waals surface area contributed by atoms with E-state index in [0.29, 0.717) is 21.3 Å². The number of thiophene rings is 1. The summed E-state index contributed by atoms with van der Waals surface area (Å²) >= 11 is 2.92. The Hall–Kier alpha value is -3.16. The number of thioether (sulfide) groups is 1. The van der Waals surface area contributed by atoms with Gasteiger partial charge in [0.05, 0.1) is 17.0 Å². The molecule has 7 heteroatoms. The van der Waals surface area contributed by atoms with Gasteiger partial charge in [-0.3, -0.25) is 9.59 Å². The van der Waals surface area contributed by atoms with Gasteiger partial charge in [-0.05, 0) is 53.2 Å². The van der Waals surface area contributed by atoms with Gasteiger partial charge < -0.3 is 10.4 Å². The molecule has 29 heavy (non-hydrogen) atoms. The highest BCUT2D eigenvalue weighted by atomic mass is 32.2. The van der Waals surface area contributed by atoms with Crippen molar-refractivity contribution in [3.05, 3.63) is 82.1 Å². The van der Waals surface area contributed by atoms with E-state index in [1.807, 2.05) is 30.3 Å². The largest absolute Gasteiger partial charge is 0.481 e. The molecule has 0 aliphatic carbocycles. The number of aliphatic imine (C=N–C) groups is 1. The second-order valence-electron chi connectivity index (χ2n) is 6.29. The third kappa shape index (κ3) is 4.82. The predicted molar refractivity (Wildman–Crippen MR) is 118 cm³/mol. The second kappa shape index (κ2) is 8.46. The van der Waals surface area contributed by atoms with Crippen molar-refractivity contribution in [2.45, 2.75) is 6.42 Å². The zero-order valence-corrected chi connectivity index (χ0v) is 16.8. The molecule has 1 fully saturated rings. The molecule has 3 aromatic rings. The first-order valence-corrected chi connectivity index (χ1v) is 10.5. The molecule has 1 aliphatic heterocycles. The van der Waals surface area contributed by atoms with E-state index in [-0.39, 0.29) is 12.3 Å². The van der Waals surface area contributed by atoms with Crippen molar-refractivity contribution in [2.75, 3.05) is 0 Å². The van der Waals surface area contributed by atoms with Crippen LogP contribution in [0.2, 0.25) is 0 Å². The first-order valence-electron chi connectivity index (χ1n) is 8.82. The third-order valence-electron chi connectivity index (χ3n) is 4.13. The van der Waals surface area contributed by atoms with E-state index < -0.39 is 5.97 Å². The average molecular weight is 421 g/mol. The topological polar surface area (TPSA) is 78.8 Å². The van der Waals surface area contributed by atoms with Crippen LogP contribution in [0.3, 0.4) is 0 Å². The van der Waals surface area contributed by atoms with Gasteiger partial charge in [-0.1, -0.05) is 42.5 Å². The summed E-state index contributed by atoms with van der Waals surface area (Å²) in [6.07, 6.45) is 1.84. The predicted octanol–water partition coefficient (Wildman–Crippen LogP) is 4.93. The highest BCUT2D eigenvalue weighted by molar-refractivity contribution is 8.18. The molecule has 5 nitrogen and oxygen atoms in total. The van der Waals surface area contributed by atoms with E-state index in [0.717, 1.165) is 15.3 Å². The van der Waals surface area contributed by atoms with Crippen molar-refractivity contribution in [2.24, 2.45) is 4.99 Å². The summed E-state index contributed by atoms with van der Waals surface area (Å²) in [5.74, 6) is -1.05. The van der Waals surface area contributed by atoms with Crippen LogP contribution in [-0.4, -0.2) is 22.2 Å². The molecule has 0 unspecified atom stereocenters. The SMILES string of the molecule is O=C(O)Cc1ccc(N=C2NC(=O)C(=Cc3ccc(-c4ccccc4)s3)S2)cc1. The van der Waals surface area contributed by atoms with Crippen LogP contribution in [0.5, 0.6) is 0 Å². The fourth-order valence-corrected chi connectivity index (χ4v) is 4.64. The maximum Gasteiger partial charge on any atom is 0.307 e. The Morgan fingerprint density at radius 2 is 1.79 bits per heavy atom. The number of nitrogens with zero attached hydrogens (tertiary/aromatic N) is 1. The summed E-state index contributed by atoms with van der Waals surface area (Å²) in [5, 5.41) is 12.1. The first kappa shape index (κ1) is 19.2. The molecule has 2 aromatic carbocycles. The normalized spacial score (nSPS) is 16.3. The molecule has 1 amide bonds. The average Bonchev–Trinajstić information content (AvgIpc) is 3.31. The van der Waals surface area contributed by atoms with Crippen LogP contribution in [-0.2, 0) is 16.0 Å². The molecule has 144 valence electrons. The monoisotopic (exact) mass is 420 g/mol. The number of amides is 1. The second-order valence-corrected chi connectivity index (χ2v) is 8.43. The van der Waals surface area contributed by atoms with Gasteiger partial charge in [-0.25, -0.2) is 4.99 Å². The highest BCUT2D eigenvalue weighted by Gasteiger charge is 2.24. The maximum absolute atomic E-state index is 12.3. The van der Waals surface area contributed by atoms with Gasteiger partial charge in [0.1, 0.15) is 0 Å². The Morgan fingerprint density at radius 1 is 1.03 bits per heavy atom. The number of amidine groups is 1. The lowest BCUT2D eigenvalue weighted by Crippen LogP contribution is -2.19. The van der Waals surface area contributed by atoms with Gasteiger partial charge in [0.2, 0.25) is 0 Å². The number of rotatable bonds is 5. The molecule has 0 spiro atoms. The molecule has 1 saturated heterocycles. The van der Waals surface area contributed by atoms with E-state index >= 15 is 0 Å². The molecule has 2 heterocycles. The highest BCUT2D eigenvalue weighted by Crippen LogP contribution is 2.33. The third-order valence-corrected chi connectivity index (χ3v) is 6.12. The zero-order chi connectivity index (χ0) is 20.2. The van der Waals surface area contributed by atoms with Gasteiger partial charge in [0.25, 0.3) is 5.91 Å². The van der Waals surface area contributed by atoms with Crippen LogP contribution in [0.4, 0.5) is 5.69 Å². The fourth-order valence-electron chi connectivity index (χ4n) is 2.78. The van der Waals surface area contributed by atoms with Gasteiger partial charge in [-0.2, -0.15) is 0 Å². The summed E-state index contributed by atoms with van der Waals surface area (Å²) in [5.41, 5.74) is 2.52. The van der Waals surface area contributed by atoms with Crippen molar-refractivity contribution in [1.29, 1.82) is 0 Å². The van der Waals surface area contributed by atoms with Crippen molar-refractivity contribution in [3.8, 4) is 10.4 Å². The fraction of sp³-hybridized carbons (Fsp3) is 0.0455. The van der Waals surface area contributed by atoms with Crippen molar-refractivity contribution < 1.29 is 14.7 Å². The number of carboxylic acid groups (broad SMARTS) is 1. The van der Waals surface area contributed by atoms with Crippen LogP contribution in [0.1, 0.15) is 10.4 Å². The number of nitrogens with one attached hydrogen (secondary N) is 1. The lowest BCUT2D eigenvalue weighted by atomic mass is 10.1. The van der Waals surface area contributed by atoms with Gasteiger partial charge in [0.15, 0.2) is 5.17 Å². The Balaban J connectivity index is 1.48. The number of carbonyl (C=O) groups is 2. The van der Waals surface area contributed by atoms with E-state index in [1.54, 1.807) is 35.6 Å². The number of carbonyl (C=O) groups excluding carboxylic acids is 1. The van der Waals surface area contributed by atoms with Crippen LogP contribution in [0, 0.1) is 0 Å². The summed E-state index contributed by atoms with van der Waals surface area (Å²) in [6, 6.07) is 21.1. The molecule has 0 bridgehead atoms. The quantitative estimate of drug-likeness (QED) is 0.574. The Labute approximate surface area is 175 Å². The molecule has 0 radical (unpaired) electrons. The molecule has 1 aliphatic rings. The van der Waals surface area contributed by atoms with Crippen molar-refractivity contribution in [1.82, 2.24) is 5.32 Å². The maximum atomic E-state index is 12.3. The van der Waals surface area contributed by atoms with Gasteiger partial charge in [0, 0.05) is 9.75 Å². The molecule has 2 N–H and O–H groups in total. The molecule has 1 aromatic heterocycles. The van der Waals surface area contributed by atoms with Crippen LogP contribution in [0.15, 0.2) is 76.6 Å². The lowest BCUT2D eigenvalue weighted by molar-refractivity contribution is -0.136. The molecular weight excluding hydrogens is 404 g/mol. The van der Waals surface area contributed by atoms with E-state index in [2.05, 4.69) is 28.5 Å². The van der Waals surface area contributed by atoms with Gasteiger partial charge >= 0.3 is 5.97 Å². The van der Waals surface area contributed by atoms with E-state index in [4.69, 9.17) is 5.11 Å². The minimum absolute atomic E-state index is 0.0268. The van der Waals surface area contributed by atoms with E-state index in [1.165, 1.54) is 11.8 Å². The molecule has 0 atom stereocenters. The summed E-state index contributed by atoms with van der Waals surface area (Å²) in [4.78, 5) is 30.2. The standard InChI is InChI=1S/C22H16N2O3S2/c25-20(26)12-14-6-8-16(9-7-14)23-22-24-21(27)19(29-22)13-17-10-11-18(28-17)15-4-2-1-3-5-15/h1-11,13H,12H2,(H,25,26)(H,23,24,27). The van der Waals surface area contributed by atoms with Gasteiger partial charge in [-0.15, -0.1) is 11.3 Å². The lowest BCUT2D eigenvalue weighted by Gasteiger charge is -1.99. The Bertz CT molecular complexity index is 1120. The number of hydrogen-bond donors (Lipinski definition) is 2. The Kier molecular flexibility index (Phi) is 5.59. The first-order chi connectivity index (χ1) is 14.1. The summed E-state index contributed by atoms with van der Waals surface area (Å²) < 4.78 is 0. The number of aliphatic carboxylic acids is 1. The minimum atomic E-state index is -0.874. The van der Waals surface area contributed by atoms with Crippen molar-refractivity contribution in [3.63, 3.8) is 0 Å². The smallest absolute Gasteiger partial charge is 0.307 e. The Morgan fingerprint density at radius 3 is 2.52 bits per heavy atom. The molecule has 4 rings (SSSR count). The summed E-state index contributed by atoms with van der Waals surface area (Å²) in [6.45, 7) is 0. The van der Waals surface area contributed by atoms with Crippen molar-refractivity contribution >= 4 is 51.9 Å². The minimum Gasteiger partial charge on any atom is -0.481 e.